The fourth-order valence-corrected chi connectivity index (χ4v) is 1.88. The number of benzene rings is 1. The molecule has 2 nitrogen and oxygen atoms in total. The summed E-state index contributed by atoms with van der Waals surface area (Å²) in [5.41, 5.74) is 1.31. The highest BCUT2D eigenvalue weighted by Gasteiger charge is 2.13. The molecule has 0 aliphatic rings. The van der Waals surface area contributed by atoms with Crippen molar-refractivity contribution < 1.29 is 18.3 Å². The zero-order chi connectivity index (χ0) is 12.8. The molecule has 1 aromatic rings. The van der Waals surface area contributed by atoms with Gasteiger partial charge in [0, 0.05) is 17.3 Å². The zero-order valence-electron chi connectivity index (χ0n) is 9.38. The van der Waals surface area contributed by atoms with Crippen molar-refractivity contribution in [1.82, 2.24) is 0 Å². The second-order valence-corrected chi connectivity index (χ2v) is 4.21. The maximum atomic E-state index is 12.1. The highest BCUT2D eigenvalue weighted by atomic mass is 79.9. The molecule has 94 valence electrons. The molecule has 0 unspecified atom stereocenters. The largest absolute Gasteiger partial charge is 0.435 e. The second kappa shape index (κ2) is 6.69. The van der Waals surface area contributed by atoms with E-state index in [9.17, 15) is 13.6 Å². The van der Waals surface area contributed by atoms with E-state index >= 15 is 0 Å². The summed E-state index contributed by atoms with van der Waals surface area (Å²) in [5, 5.41) is 0.551. The van der Waals surface area contributed by atoms with Crippen LogP contribution in [-0.2, 0) is 6.42 Å². The Morgan fingerprint density at radius 1 is 1.47 bits per heavy atom. The Morgan fingerprint density at radius 3 is 2.71 bits per heavy atom. The summed E-state index contributed by atoms with van der Waals surface area (Å²) in [4.78, 5) is 11.8. The maximum absolute atomic E-state index is 12.1. The van der Waals surface area contributed by atoms with Crippen molar-refractivity contribution in [2.75, 3.05) is 5.33 Å². The van der Waals surface area contributed by atoms with Gasteiger partial charge in [-0.1, -0.05) is 28.9 Å². The molecule has 5 heteroatoms. The van der Waals surface area contributed by atoms with E-state index < -0.39 is 6.61 Å². The molecule has 0 atom stereocenters. The number of hydrogen-bond donors (Lipinski definition) is 0. The molecule has 0 N–H and O–H groups in total. The summed E-state index contributed by atoms with van der Waals surface area (Å²) in [5.74, 6) is -0.0476. The highest BCUT2D eigenvalue weighted by Crippen LogP contribution is 2.21. The Balaban J connectivity index is 3.01. The number of ether oxygens (including phenoxy) is 1. The van der Waals surface area contributed by atoms with Gasteiger partial charge in [0.1, 0.15) is 5.75 Å². The number of aryl methyl sites for hydroxylation is 1. The number of ketones is 1. The highest BCUT2D eigenvalue weighted by molar-refractivity contribution is 9.09. The predicted octanol–water partition coefficient (Wildman–Crippen LogP) is 3.82. The van der Waals surface area contributed by atoms with Gasteiger partial charge in [0.25, 0.3) is 0 Å². The molecule has 0 heterocycles. The van der Waals surface area contributed by atoms with Crippen LogP contribution < -0.4 is 4.74 Å². The smallest absolute Gasteiger partial charge is 0.387 e. The first-order valence-corrected chi connectivity index (χ1v) is 6.37. The van der Waals surface area contributed by atoms with Crippen LogP contribution in [0.25, 0.3) is 0 Å². The lowest BCUT2D eigenvalue weighted by Crippen LogP contribution is -2.07. The fraction of sp³-hybridized carbons (Fsp3) is 0.417. The predicted molar refractivity (Wildman–Crippen MR) is 65.2 cm³/mol. The summed E-state index contributed by atoms with van der Waals surface area (Å²) in [6.07, 6.45) is 1.02. The van der Waals surface area contributed by atoms with Gasteiger partial charge in [0.2, 0.25) is 0 Å². The Bertz CT molecular complexity index is 394. The topological polar surface area (TPSA) is 26.3 Å². The second-order valence-electron chi connectivity index (χ2n) is 3.41. The summed E-state index contributed by atoms with van der Waals surface area (Å²) in [7, 11) is 0. The van der Waals surface area contributed by atoms with Gasteiger partial charge in [-0.3, -0.25) is 4.79 Å². The molecule has 0 fully saturated rings. The molecule has 0 saturated carbocycles. The Hall–Kier alpha value is -0.970. The Kier molecular flexibility index (Phi) is 5.55. The van der Waals surface area contributed by atoms with Crippen molar-refractivity contribution in [2.45, 2.75) is 26.4 Å². The molecule has 1 rings (SSSR count). The molecular weight excluding hydrogens is 294 g/mol. The molecule has 17 heavy (non-hydrogen) atoms. The van der Waals surface area contributed by atoms with Crippen LogP contribution in [0.1, 0.15) is 29.3 Å². The molecule has 0 aliphatic heterocycles. The average molecular weight is 307 g/mol. The minimum Gasteiger partial charge on any atom is -0.435 e. The van der Waals surface area contributed by atoms with E-state index in [4.69, 9.17) is 0 Å². The van der Waals surface area contributed by atoms with E-state index in [1.165, 1.54) is 12.1 Å². The summed E-state index contributed by atoms with van der Waals surface area (Å²) >= 11 is 3.18. The average Bonchev–Trinajstić information content (AvgIpc) is 2.28. The van der Waals surface area contributed by atoms with Crippen LogP contribution >= 0.6 is 15.9 Å². The van der Waals surface area contributed by atoms with E-state index in [1.54, 1.807) is 6.07 Å². The molecule has 0 bridgehead atoms. The summed E-state index contributed by atoms with van der Waals surface area (Å²) in [6, 6.07) is 4.49. The number of alkyl halides is 3. The number of carbonyl (C=O) groups is 1. The van der Waals surface area contributed by atoms with E-state index in [1.807, 2.05) is 6.92 Å². The minimum atomic E-state index is -2.87. The van der Waals surface area contributed by atoms with Gasteiger partial charge in [-0.25, -0.2) is 0 Å². The number of halogens is 3. The first-order valence-electron chi connectivity index (χ1n) is 5.25. The van der Waals surface area contributed by atoms with Crippen molar-refractivity contribution in [3.63, 3.8) is 0 Å². The van der Waals surface area contributed by atoms with Gasteiger partial charge in [-0.2, -0.15) is 8.78 Å². The first kappa shape index (κ1) is 14.1. The quantitative estimate of drug-likeness (QED) is 0.590. The lowest BCUT2D eigenvalue weighted by molar-refractivity contribution is -0.0498. The number of Topliss-reactive ketones (excluding diaryl/α,β-unsaturated/α-hetero) is 1. The number of carbonyl (C=O) groups excluding carboxylic acids is 1. The zero-order valence-corrected chi connectivity index (χ0v) is 11.0. The molecular formula is C12H13BrF2O2. The maximum Gasteiger partial charge on any atom is 0.387 e. The standard InChI is InChI=1S/C12H13BrF2O2/c1-2-8-3-4-9(17-12(14)15)7-10(8)11(16)5-6-13/h3-4,7,12H,2,5-6H2,1H3. The first-order chi connectivity index (χ1) is 8.08. The van der Waals surface area contributed by atoms with E-state index in [0.717, 1.165) is 5.56 Å². The van der Waals surface area contributed by atoms with Gasteiger partial charge in [0.15, 0.2) is 5.78 Å². The van der Waals surface area contributed by atoms with Gasteiger partial charge >= 0.3 is 6.61 Å². The van der Waals surface area contributed by atoms with Crippen LogP contribution in [0.3, 0.4) is 0 Å². The van der Waals surface area contributed by atoms with Crippen LogP contribution in [0.15, 0.2) is 18.2 Å². The van der Waals surface area contributed by atoms with E-state index in [2.05, 4.69) is 20.7 Å². The van der Waals surface area contributed by atoms with Crippen LogP contribution in [0.5, 0.6) is 5.75 Å². The van der Waals surface area contributed by atoms with Crippen LogP contribution in [0.2, 0.25) is 0 Å². The fourth-order valence-electron chi connectivity index (χ4n) is 1.52. The number of rotatable bonds is 6. The molecule has 0 saturated heterocycles. The third-order valence-electron chi connectivity index (χ3n) is 2.31. The molecule has 0 amide bonds. The Labute approximate surface area is 107 Å². The number of hydrogen-bond acceptors (Lipinski definition) is 2. The van der Waals surface area contributed by atoms with Crippen molar-refractivity contribution in [3.8, 4) is 5.75 Å². The molecule has 0 radical (unpaired) electrons. The van der Waals surface area contributed by atoms with Crippen molar-refractivity contribution >= 4 is 21.7 Å². The van der Waals surface area contributed by atoms with Crippen LogP contribution in [0.4, 0.5) is 8.78 Å². The third-order valence-corrected chi connectivity index (χ3v) is 2.71. The van der Waals surface area contributed by atoms with Gasteiger partial charge in [-0.05, 0) is 24.1 Å². The Morgan fingerprint density at radius 2 is 2.18 bits per heavy atom. The molecule has 0 aliphatic carbocycles. The van der Waals surface area contributed by atoms with E-state index in [-0.39, 0.29) is 11.5 Å². The molecule has 0 spiro atoms. The third kappa shape index (κ3) is 4.07. The normalized spacial score (nSPS) is 10.6. The molecule has 0 aromatic heterocycles. The van der Waals surface area contributed by atoms with Crippen LogP contribution in [-0.4, -0.2) is 17.7 Å². The summed E-state index contributed by atoms with van der Waals surface area (Å²) < 4.78 is 28.4. The van der Waals surface area contributed by atoms with Gasteiger partial charge < -0.3 is 4.74 Å². The summed E-state index contributed by atoms with van der Waals surface area (Å²) in [6.45, 7) is -0.963. The van der Waals surface area contributed by atoms with E-state index in [0.29, 0.717) is 23.7 Å². The monoisotopic (exact) mass is 306 g/mol. The molecule has 1 aromatic carbocycles. The van der Waals surface area contributed by atoms with Crippen molar-refractivity contribution in [1.29, 1.82) is 0 Å². The van der Waals surface area contributed by atoms with Crippen molar-refractivity contribution in [2.24, 2.45) is 0 Å². The lowest BCUT2D eigenvalue weighted by Gasteiger charge is -2.10. The van der Waals surface area contributed by atoms with Crippen LogP contribution in [0, 0.1) is 0 Å². The van der Waals surface area contributed by atoms with Crippen molar-refractivity contribution in [3.05, 3.63) is 29.3 Å². The van der Waals surface area contributed by atoms with Gasteiger partial charge in [0.05, 0.1) is 0 Å². The SMILES string of the molecule is CCc1ccc(OC(F)F)cc1C(=O)CCBr. The van der Waals surface area contributed by atoms with Gasteiger partial charge in [-0.15, -0.1) is 0 Å². The minimum absolute atomic E-state index is 0.0233. The lowest BCUT2D eigenvalue weighted by atomic mass is 10.00.